The Kier molecular flexibility index (Phi) is 4.52. The smallest absolute Gasteiger partial charge is 0.374 e. The first-order valence-corrected chi connectivity index (χ1v) is 9.65. The number of hydrogen-bond acceptors (Lipinski definition) is 5. The molecule has 2 aromatic carbocycles. The van der Waals surface area contributed by atoms with Crippen LogP contribution in [-0.2, 0) is 17.7 Å². The van der Waals surface area contributed by atoms with Gasteiger partial charge in [0, 0.05) is 18.0 Å². The number of benzene rings is 2. The van der Waals surface area contributed by atoms with Crippen LogP contribution in [0.4, 0.5) is 0 Å². The zero-order chi connectivity index (χ0) is 20.5. The van der Waals surface area contributed by atoms with Crippen LogP contribution in [0.5, 0.6) is 0 Å². The molecule has 4 aromatic rings. The summed E-state index contributed by atoms with van der Waals surface area (Å²) in [6.07, 6.45) is 4.34. The molecular weight excluding hydrogens is 380 g/mol. The molecule has 0 fully saturated rings. The van der Waals surface area contributed by atoms with E-state index in [1.54, 1.807) is 35.3 Å². The highest BCUT2D eigenvalue weighted by molar-refractivity contribution is 6.00. The van der Waals surface area contributed by atoms with Gasteiger partial charge in [-0.15, -0.1) is 0 Å². The lowest BCUT2D eigenvalue weighted by molar-refractivity contribution is 0.0442. The molecule has 148 valence electrons. The maximum atomic E-state index is 12.6. The molecule has 6 heteroatoms. The number of rotatable bonds is 6. The number of aromatic nitrogens is 2. The zero-order valence-electron chi connectivity index (χ0n) is 16.1. The lowest BCUT2D eigenvalue weighted by Gasteiger charge is -2.06. The minimum atomic E-state index is -0.665. The maximum absolute atomic E-state index is 12.6. The number of Topliss-reactive ketones (excluding diaryl/α,β-unsaturated/α-hetero) is 1. The first kappa shape index (κ1) is 18.1. The Labute approximate surface area is 172 Å². The molecule has 1 aliphatic carbocycles. The van der Waals surface area contributed by atoms with E-state index in [1.807, 2.05) is 24.3 Å². The fraction of sp³-hybridized carbons (Fsp3) is 0.125. The second kappa shape index (κ2) is 7.48. The molecule has 0 saturated heterocycles. The van der Waals surface area contributed by atoms with E-state index in [0.717, 1.165) is 17.5 Å². The van der Waals surface area contributed by atoms with Crippen LogP contribution in [-0.4, -0.2) is 28.1 Å². The molecule has 0 amide bonds. The summed E-state index contributed by atoms with van der Waals surface area (Å²) in [6.45, 7) is 0.0737. The van der Waals surface area contributed by atoms with Crippen LogP contribution in [0.1, 0.15) is 37.8 Å². The summed E-state index contributed by atoms with van der Waals surface area (Å²) in [6, 6.07) is 18.9. The molecule has 2 heterocycles. The van der Waals surface area contributed by atoms with Crippen LogP contribution in [0, 0.1) is 0 Å². The summed E-state index contributed by atoms with van der Waals surface area (Å²) in [5.74, 6) is -0.275. The van der Waals surface area contributed by atoms with Crippen molar-refractivity contribution in [1.82, 2.24) is 9.78 Å². The van der Waals surface area contributed by atoms with Gasteiger partial charge >= 0.3 is 5.97 Å². The van der Waals surface area contributed by atoms with Gasteiger partial charge in [0.05, 0.1) is 6.54 Å². The fourth-order valence-electron chi connectivity index (χ4n) is 3.71. The zero-order valence-corrected chi connectivity index (χ0v) is 16.1. The van der Waals surface area contributed by atoms with Crippen molar-refractivity contribution in [3.8, 4) is 11.1 Å². The van der Waals surface area contributed by atoms with Gasteiger partial charge in [-0.2, -0.15) is 5.10 Å². The molecule has 1 aliphatic rings. The lowest BCUT2D eigenvalue weighted by Crippen LogP contribution is -2.14. The number of ketones is 1. The van der Waals surface area contributed by atoms with Crippen LogP contribution in [0.3, 0.4) is 0 Å². The normalized spacial score (nSPS) is 11.7. The number of carbonyl (C=O) groups excluding carboxylic acids is 2. The standard InChI is InChI=1S/C24H18N2O4/c27-22(18-7-6-17-12-16-4-1-2-5-20(16)21(17)13-18)15-29-24(28)23-9-8-19(30-23)14-26-11-3-10-25-26/h1-11,13H,12,14-15H2. The Balaban J connectivity index is 1.24. The van der Waals surface area contributed by atoms with Gasteiger partial charge < -0.3 is 9.15 Å². The Morgan fingerprint density at radius 3 is 2.73 bits per heavy atom. The third-order valence-electron chi connectivity index (χ3n) is 5.19. The topological polar surface area (TPSA) is 74.3 Å². The molecule has 0 aliphatic heterocycles. The summed E-state index contributed by atoms with van der Waals surface area (Å²) in [4.78, 5) is 24.8. The molecule has 0 unspecified atom stereocenters. The van der Waals surface area contributed by atoms with E-state index in [2.05, 4.69) is 17.2 Å². The molecule has 0 spiro atoms. The minimum absolute atomic E-state index is 0.0628. The fourth-order valence-corrected chi connectivity index (χ4v) is 3.71. The SMILES string of the molecule is O=C(COC(=O)c1ccc(Cn2cccn2)o1)c1ccc2c(c1)-c1ccccc1C2. The van der Waals surface area contributed by atoms with Crippen LogP contribution >= 0.6 is 0 Å². The van der Waals surface area contributed by atoms with Crippen molar-refractivity contribution >= 4 is 11.8 Å². The molecular formula is C24H18N2O4. The van der Waals surface area contributed by atoms with Gasteiger partial charge in [0.2, 0.25) is 5.76 Å². The number of esters is 1. The second-order valence-corrected chi connectivity index (χ2v) is 7.17. The quantitative estimate of drug-likeness (QED) is 0.318. The monoisotopic (exact) mass is 398 g/mol. The number of hydrogen-bond donors (Lipinski definition) is 0. The summed E-state index contributed by atoms with van der Waals surface area (Å²) in [5.41, 5.74) is 5.20. The molecule has 30 heavy (non-hydrogen) atoms. The summed E-state index contributed by atoms with van der Waals surface area (Å²) in [5, 5.41) is 4.09. The van der Waals surface area contributed by atoms with Gasteiger partial charge in [0.1, 0.15) is 5.76 Å². The third kappa shape index (κ3) is 3.43. The predicted molar refractivity (Wildman–Crippen MR) is 109 cm³/mol. The van der Waals surface area contributed by atoms with Crippen molar-refractivity contribution in [3.05, 3.63) is 101 Å². The Hall–Kier alpha value is -3.93. The van der Waals surface area contributed by atoms with E-state index in [-0.39, 0.29) is 18.2 Å². The molecule has 6 nitrogen and oxygen atoms in total. The molecule has 0 bridgehead atoms. The van der Waals surface area contributed by atoms with Crippen LogP contribution in [0.2, 0.25) is 0 Å². The number of fused-ring (bicyclic) bond motifs is 3. The van der Waals surface area contributed by atoms with Crippen molar-refractivity contribution in [1.29, 1.82) is 0 Å². The van der Waals surface area contributed by atoms with Crippen LogP contribution in [0.25, 0.3) is 11.1 Å². The predicted octanol–water partition coefficient (Wildman–Crippen LogP) is 4.14. The van der Waals surface area contributed by atoms with Crippen molar-refractivity contribution in [3.63, 3.8) is 0 Å². The molecule has 0 radical (unpaired) electrons. The van der Waals surface area contributed by atoms with Crippen molar-refractivity contribution < 1.29 is 18.7 Å². The molecule has 0 saturated carbocycles. The summed E-state index contributed by atoms with van der Waals surface area (Å²) in [7, 11) is 0. The summed E-state index contributed by atoms with van der Waals surface area (Å²) >= 11 is 0. The highest BCUT2D eigenvalue weighted by Crippen LogP contribution is 2.36. The first-order chi connectivity index (χ1) is 14.7. The highest BCUT2D eigenvalue weighted by Gasteiger charge is 2.20. The lowest BCUT2D eigenvalue weighted by atomic mass is 10.0. The van der Waals surface area contributed by atoms with E-state index < -0.39 is 5.97 Å². The largest absolute Gasteiger partial charge is 0.452 e. The van der Waals surface area contributed by atoms with E-state index in [4.69, 9.17) is 9.15 Å². The van der Waals surface area contributed by atoms with Crippen LogP contribution < -0.4 is 0 Å². The minimum Gasteiger partial charge on any atom is -0.452 e. The maximum Gasteiger partial charge on any atom is 0.374 e. The number of ether oxygens (including phenoxy) is 1. The van der Waals surface area contributed by atoms with Gasteiger partial charge in [-0.25, -0.2) is 4.79 Å². The van der Waals surface area contributed by atoms with Gasteiger partial charge in [0.15, 0.2) is 12.4 Å². The number of nitrogens with zero attached hydrogens (tertiary/aromatic N) is 2. The van der Waals surface area contributed by atoms with Crippen molar-refractivity contribution in [2.45, 2.75) is 13.0 Å². The third-order valence-corrected chi connectivity index (χ3v) is 5.19. The molecule has 5 rings (SSSR count). The number of furan rings is 1. The van der Waals surface area contributed by atoms with Gasteiger partial charge in [-0.3, -0.25) is 9.48 Å². The Bertz CT molecular complexity index is 1240. The van der Waals surface area contributed by atoms with Crippen molar-refractivity contribution in [2.75, 3.05) is 6.61 Å². The van der Waals surface area contributed by atoms with Gasteiger partial charge in [-0.1, -0.05) is 36.4 Å². The molecule has 2 aromatic heterocycles. The van der Waals surface area contributed by atoms with E-state index in [9.17, 15) is 9.59 Å². The van der Waals surface area contributed by atoms with Crippen molar-refractivity contribution in [2.24, 2.45) is 0 Å². The Morgan fingerprint density at radius 1 is 1.00 bits per heavy atom. The van der Waals surface area contributed by atoms with Crippen LogP contribution in [0.15, 0.2) is 77.5 Å². The molecule has 0 N–H and O–H groups in total. The van der Waals surface area contributed by atoms with E-state index in [0.29, 0.717) is 17.9 Å². The number of carbonyl (C=O) groups is 2. The average molecular weight is 398 g/mol. The molecule has 0 atom stereocenters. The van der Waals surface area contributed by atoms with E-state index >= 15 is 0 Å². The van der Waals surface area contributed by atoms with Gasteiger partial charge in [0.25, 0.3) is 0 Å². The summed E-state index contributed by atoms with van der Waals surface area (Å²) < 4.78 is 12.4. The average Bonchev–Trinajstić information content (AvgIpc) is 3.51. The van der Waals surface area contributed by atoms with Gasteiger partial charge in [-0.05, 0) is 52.9 Å². The van der Waals surface area contributed by atoms with E-state index in [1.165, 1.54) is 17.2 Å². The Morgan fingerprint density at radius 2 is 1.87 bits per heavy atom. The first-order valence-electron chi connectivity index (χ1n) is 9.65. The second-order valence-electron chi connectivity index (χ2n) is 7.17. The highest BCUT2D eigenvalue weighted by atomic mass is 16.5.